The summed E-state index contributed by atoms with van der Waals surface area (Å²) in [6.07, 6.45) is 0. The lowest BCUT2D eigenvalue weighted by molar-refractivity contribution is 0.0781. The van der Waals surface area contributed by atoms with Crippen LogP contribution in [-0.2, 0) is 6.54 Å². The third kappa shape index (κ3) is 2.70. The summed E-state index contributed by atoms with van der Waals surface area (Å²) in [6.45, 7) is 2.38. The van der Waals surface area contributed by atoms with Gasteiger partial charge in [-0.3, -0.25) is 9.89 Å². The van der Waals surface area contributed by atoms with Crippen LogP contribution in [0.15, 0.2) is 42.5 Å². The monoisotopic (exact) mass is 297 g/mol. The van der Waals surface area contributed by atoms with Crippen LogP contribution in [0.5, 0.6) is 0 Å². The van der Waals surface area contributed by atoms with E-state index in [4.69, 9.17) is 0 Å². The molecule has 0 aliphatic rings. The maximum atomic E-state index is 12.9. The molecule has 0 fully saturated rings. The van der Waals surface area contributed by atoms with Crippen molar-refractivity contribution in [3.05, 3.63) is 65.1 Å². The van der Waals surface area contributed by atoms with Gasteiger partial charge in [0.05, 0.1) is 5.52 Å². The number of hydrogen-bond acceptors (Lipinski definition) is 2. The molecule has 0 saturated carbocycles. The van der Waals surface area contributed by atoms with Gasteiger partial charge in [0.2, 0.25) is 0 Å². The molecule has 1 heterocycles. The molecule has 3 rings (SSSR count). The Morgan fingerprint density at radius 3 is 2.68 bits per heavy atom. The van der Waals surface area contributed by atoms with E-state index in [0.717, 1.165) is 22.0 Å². The van der Waals surface area contributed by atoms with Crippen molar-refractivity contribution >= 4 is 16.8 Å². The smallest absolute Gasteiger partial charge is 0.275 e. The number of aromatic nitrogens is 2. The molecule has 2 aromatic carbocycles. The Labute approximate surface area is 127 Å². The number of aromatic amines is 1. The summed E-state index contributed by atoms with van der Waals surface area (Å²) < 4.78 is 12.9. The minimum atomic E-state index is -0.286. The number of H-pyrrole nitrogens is 1. The molecule has 0 aliphatic heterocycles. The number of nitrogens with zero attached hydrogens (tertiary/aromatic N) is 2. The van der Waals surface area contributed by atoms with Gasteiger partial charge < -0.3 is 4.90 Å². The van der Waals surface area contributed by atoms with Gasteiger partial charge in [-0.15, -0.1) is 0 Å². The van der Waals surface area contributed by atoms with E-state index in [0.29, 0.717) is 12.2 Å². The highest BCUT2D eigenvalue weighted by molar-refractivity contribution is 6.04. The van der Waals surface area contributed by atoms with Crippen molar-refractivity contribution in [3.63, 3.8) is 0 Å². The number of aryl methyl sites for hydroxylation is 1. The lowest BCUT2D eigenvalue weighted by atomic mass is 10.1. The lowest BCUT2D eigenvalue weighted by Gasteiger charge is -2.16. The number of nitrogens with one attached hydrogen (secondary N) is 1. The van der Waals surface area contributed by atoms with Crippen molar-refractivity contribution in [2.45, 2.75) is 13.5 Å². The predicted octanol–water partition coefficient (Wildman–Crippen LogP) is 3.28. The highest BCUT2D eigenvalue weighted by Gasteiger charge is 2.18. The first-order valence-electron chi connectivity index (χ1n) is 6.99. The second kappa shape index (κ2) is 5.60. The molecule has 5 heteroatoms. The minimum absolute atomic E-state index is 0.166. The van der Waals surface area contributed by atoms with Crippen LogP contribution < -0.4 is 0 Å². The maximum Gasteiger partial charge on any atom is 0.275 e. The van der Waals surface area contributed by atoms with E-state index in [1.807, 2.05) is 25.1 Å². The minimum Gasteiger partial charge on any atom is -0.336 e. The topological polar surface area (TPSA) is 49.0 Å². The summed E-state index contributed by atoms with van der Waals surface area (Å²) >= 11 is 0. The van der Waals surface area contributed by atoms with Crippen molar-refractivity contribution in [1.82, 2.24) is 15.1 Å². The quantitative estimate of drug-likeness (QED) is 0.806. The van der Waals surface area contributed by atoms with Crippen LogP contribution in [-0.4, -0.2) is 28.1 Å². The SMILES string of the molecule is Cc1ccc2[nH]nc(C(=O)N(C)Cc3ccc(F)cc3)c2c1. The van der Waals surface area contributed by atoms with Crippen LogP contribution in [0.2, 0.25) is 0 Å². The molecule has 0 atom stereocenters. The third-order valence-electron chi connectivity index (χ3n) is 3.60. The zero-order valence-electron chi connectivity index (χ0n) is 12.4. The molecule has 0 unspecified atom stereocenters. The molecule has 1 aromatic heterocycles. The Hall–Kier alpha value is -2.69. The molecule has 0 spiro atoms. The number of fused-ring (bicyclic) bond motifs is 1. The Balaban J connectivity index is 1.85. The molecule has 112 valence electrons. The first-order chi connectivity index (χ1) is 10.5. The van der Waals surface area contributed by atoms with E-state index >= 15 is 0 Å². The number of halogens is 1. The van der Waals surface area contributed by atoms with Crippen LogP contribution in [0.4, 0.5) is 4.39 Å². The van der Waals surface area contributed by atoms with Crippen LogP contribution in [0, 0.1) is 12.7 Å². The first kappa shape index (κ1) is 14.3. The summed E-state index contributed by atoms with van der Waals surface area (Å²) in [5, 5.41) is 7.83. The number of benzene rings is 2. The normalized spacial score (nSPS) is 10.9. The van der Waals surface area contributed by atoms with Crippen LogP contribution >= 0.6 is 0 Å². The first-order valence-corrected chi connectivity index (χ1v) is 6.99. The van der Waals surface area contributed by atoms with Crippen molar-refractivity contribution in [1.29, 1.82) is 0 Å². The number of carbonyl (C=O) groups excluding carboxylic acids is 1. The molecule has 0 aliphatic carbocycles. The van der Waals surface area contributed by atoms with E-state index in [1.54, 1.807) is 24.1 Å². The molecule has 0 saturated heterocycles. The maximum absolute atomic E-state index is 12.9. The molecule has 1 amide bonds. The average molecular weight is 297 g/mol. The predicted molar refractivity (Wildman–Crippen MR) is 83.0 cm³/mol. The highest BCUT2D eigenvalue weighted by atomic mass is 19.1. The van der Waals surface area contributed by atoms with Gasteiger partial charge >= 0.3 is 0 Å². The second-order valence-corrected chi connectivity index (χ2v) is 5.41. The Bertz CT molecular complexity index is 824. The van der Waals surface area contributed by atoms with E-state index < -0.39 is 0 Å². The fraction of sp³-hybridized carbons (Fsp3) is 0.176. The fourth-order valence-electron chi connectivity index (χ4n) is 2.41. The van der Waals surface area contributed by atoms with Gasteiger partial charge in [0.1, 0.15) is 5.82 Å². The summed E-state index contributed by atoms with van der Waals surface area (Å²) in [4.78, 5) is 14.1. The van der Waals surface area contributed by atoms with Gasteiger partial charge in [0.25, 0.3) is 5.91 Å². The number of rotatable bonds is 3. The standard InChI is InChI=1S/C17H16FN3O/c1-11-3-8-15-14(9-11)16(20-19-15)17(22)21(2)10-12-4-6-13(18)7-5-12/h3-9H,10H2,1-2H3,(H,19,20). The van der Waals surface area contributed by atoms with Gasteiger partial charge in [0, 0.05) is 19.0 Å². The summed E-state index contributed by atoms with van der Waals surface area (Å²) in [5.74, 6) is -0.451. The Morgan fingerprint density at radius 1 is 1.23 bits per heavy atom. The van der Waals surface area contributed by atoms with Crippen molar-refractivity contribution < 1.29 is 9.18 Å². The van der Waals surface area contributed by atoms with Crippen molar-refractivity contribution in [2.24, 2.45) is 0 Å². The van der Waals surface area contributed by atoms with Crippen LogP contribution in [0.25, 0.3) is 10.9 Å². The van der Waals surface area contributed by atoms with Crippen molar-refractivity contribution in [2.75, 3.05) is 7.05 Å². The molecule has 0 radical (unpaired) electrons. The average Bonchev–Trinajstić information content (AvgIpc) is 2.91. The number of hydrogen-bond donors (Lipinski definition) is 1. The number of carbonyl (C=O) groups is 1. The summed E-state index contributed by atoms with van der Waals surface area (Å²) in [5.41, 5.74) is 3.19. The van der Waals surface area contributed by atoms with E-state index in [1.165, 1.54) is 12.1 Å². The van der Waals surface area contributed by atoms with Gasteiger partial charge in [-0.2, -0.15) is 5.10 Å². The van der Waals surface area contributed by atoms with Crippen molar-refractivity contribution in [3.8, 4) is 0 Å². The Morgan fingerprint density at radius 2 is 1.95 bits per heavy atom. The van der Waals surface area contributed by atoms with Gasteiger partial charge in [0.15, 0.2) is 5.69 Å². The van der Waals surface area contributed by atoms with Gasteiger partial charge in [-0.1, -0.05) is 23.8 Å². The molecule has 0 bridgehead atoms. The summed E-state index contributed by atoms with van der Waals surface area (Å²) in [7, 11) is 1.71. The van der Waals surface area contributed by atoms with E-state index in [-0.39, 0.29) is 11.7 Å². The largest absolute Gasteiger partial charge is 0.336 e. The second-order valence-electron chi connectivity index (χ2n) is 5.41. The molecule has 3 aromatic rings. The summed E-state index contributed by atoms with van der Waals surface area (Å²) in [6, 6.07) is 11.9. The van der Waals surface area contributed by atoms with Crippen LogP contribution in [0.1, 0.15) is 21.6 Å². The molecule has 1 N–H and O–H groups in total. The third-order valence-corrected chi connectivity index (χ3v) is 3.60. The molecule has 4 nitrogen and oxygen atoms in total. The molecular formula is C17H16FN3O. The zero-order valence-corrected chi connectivity index (χ0v) is 12.4. The van der Waals surface area contributed by atoms with Crippen LogP contribution in [0.3, 0.4) is 0 Å². The van der Waals surface area contributed by atoms with E-state index in [2.05, 4.69) is 10.2 Å². The fourth-order valence-corrected chi connectivity index (χ4v) is 2.41. The van der Waals surface area contributed by atoms with E-state index in [9.17, 15) is 9.18 Å². The van der Waals surface area contributed by atoms with Gasteiger partial charge in [-0.05, 0) is 36.8 Å². The van der Waals surface area contributed by atoms with Gasteiger partial charge in [-0.25, -0.2) is 4.39 Å². The molecule has 22 heavy (non-hydrogen) atoms. The molecular weight excluding hydrogens is 281 g/mol. The number of amides is 1. The zero-order chi connectivity index (χ0) is 15.7. The Kier molecular flexibility index (Phi) is 3.63. The lowest BCUT2D eigenvalue weighted by Crippen LogP contribution is -2.26. The highest BCUT2D eigenvalue weighted by Crippen LogP contribution is 2.19.